The molecule has 2 N–H and O–H groups in total. The van der Waals surface area contributed by atoms with E-state index in [0.717, 1.165) is 32.1 Å². The first-order chi connectivity index (χ1) is 9.61. The lowest BCUT2D eigenvalue weighted by Crippen LogP contribution is -2.62. The zero-order valence-electron chi connectivity index (χ0n) is 11.9. The Kier molecular flexibility index (Phi) is 3.31. The second kappa shape index (κ2) is 4.51. The maximum atomic E-state index is 11.4. The molecular weight excluding hydrogens is 315 g/mol. The molecule has 0 radical (unpaired) electrons. The predicted octanol–water partition coefficient (Wildman–Crippen LogP) is 3.35. The smallest absolute Gasteiger partial charge is 0.322 e. The van der Waals surface area contributed by atoms with E-state index >= 15 is 0 Å². The van der Waals surface area contributed by atoms with Crippen LogP contribution in [0.1, 0.15) is 45.4 Å². The van der Waals surface area contributed by atoms with Crippen molar-refractivity contribution in [1.29, 1.82) is 0 Å². The van der Waals surface area contributed by atoms with E-state index in [1.54, 1.807) is 0 Å². The number of halogens is 2. The normalized spacial score (nSPS) is 47.1. The predicted molar refractivity (Wildman–Crippen MR) is 78.7 cm³/mol. The summed E-state index contributed by atoms with van der Waals surface area (Å²) in [7, 11) is 0. The van der Waals surface area contributed by atoms with Gasteiger partial charge in [-0.15, -0.1) is 23.2 Å². The Morgan fingerprint density at radius 2 is 1.38 bits per heavy atom. The van der Waals surface area contributed by atoms with E-state index in [0.29, 0.717) is 12.3 Å². The van der Waals surface area contributed by atoms with Gasteiger partial charge in [-0.2, -0.15) is 0 Å². The van der Waals surface area contributed by atoms with Crippen molar-refractivity contribution in [2.45, 2.75) is 56.2 Å². The third kappa shape index (κ3) is 2.17. The molecule has 0 spiro atoms. The molecule has 4 saturated carbocycles. The number of carboxylic acid groups (broad SMARTS) is 2. The maximum Gasteiger partial charge on any atom is 0.322 e. The van der Waals surface area contributed by atoms with Crippen LogP contribution in [0.2, 0.25) is 0 Å². The molecule has 4 atom stereocenters. The van der Waals surface area contributed by atoms with Gasteiger partial charge < -0.3 is 10.2 Å². The Bertz CT molecular complexity index is 470. The van der Waals surface area contributed by atoms with Gasteiger partial charge in [0.15, 0.2) is 0 Å². The second-order valence-electron chi connectivity index (χ2n) is 7.95. The van der Waals surface area contributed by atoms with Gasteiger partial charge in [0.1, 0.15) is 10.8 Å². The van der Waals surface area contributed by atoms with Gasteiger partial charge in [-0.05, 0) is 60.7 Å². The lowest BCUT2D eigenvalue weighted by atomic mass is 9.38. The SMILES string of the molecule is CC12CC3C[C@]([C@H](Cl)C(=O)O)(C1)C[C@]([C@H](Cl)C(=O)O)(C3)C2. The molecule has 4 aliphatic rings. The van der Waals surface area contributed by atoms with Gasteiger partial charge >= 0.3 is 11.9 Å². The summed E-state index contributed by atoms with van der Waals surface area (Å²) in [5, 5.41) is 16.8. The van der Waals surface area contributed by atoms with E-state index < -0.39 is 33.5 Å². The second-order valence-corrected chi connectivity index (χ2v) is 8.82. The lowest BCUT2D eigenvalue weighted by Gasteiger charge is -2.67. The number of hydrogen-bond acceptors (Lipinski definition) is 2. The monoisotopic (exact) mass is 334 g/mol. The molecule has 4 rings (SSSR count). The van der Waals surface area contributed by atoms with E-state index in [2.05, 4.69) is 6.92 Å². The van der Waals surface area contributed by atoms with Gasteiger partial charge in [-0.1, -0.05) is 6.92 Å². The van der Waals surface area contributed by atoms with Crippen LogP contribution < -0.4 is 0 Å². The first-order valence-corrected chi connectivity index (χ1v) is 8.23. The highest BCUT2D eigenvalue weighted by molar-refractivity contribution is 6.31. The third-order valence-electron chi connectivity index (χ3n) is 5.94. The topological polar surface area (TPSA) is 74.6 Å². The minimum Gasteiger partial charge on any atom is -0.480 e. The molecule has 21 heavy (non-hydrogen) atoms. The lowest BCUT2D eigenvalue weighted by molar-refractivity contribution is -0.173. The van der Waals surface area contributed by atoms with Crippen molar-refractivity contribution in [2.75, 3.05) is 0 Å². The van der Waals surface area contributed by atoms with Crippen LogP contribution >= 0.6 is 23.2 Å². The van der Waals surface area contributed by atoms with Gasteiger partial charge in [0.25, 0.3) is 0 Å². The van der Waals surface area contributed by atoms with E-state index in [-0.39, 0.29) is 5.41 Å². The van der Waals surface area contributed by atoms with Crippen LogP contribution in [0, 0.1) is 22.2 Å². The Labute approximate surface area is 133 Å². The summed E-state index contributed by atoms with van der Waals surface area (Å²) >= 11 is 12.5. The highest BCUT2D eigenvalue weighted by Gasteiger charge is 2.67. The Balaban J connectivity index is 2.03. The molecule has 0 aromatic carbocycles. The van der Waals surface area contributed by atoms with Crippen molar-refractivity contribution in [3.63, 3.8) is 0 Å². The highest BCUT2D eigenvalue weighted by atomic mass is 35.5. The molecule has 0 unspecified atom stereocenters. The quantitative estimate of drug-likeness (QED) is 0.773. The standard InChI is InChI=1S/C15H20Cl2O4/c1-13-2-8-3-14(5-13,9(16)11(18)19)7-15(4-8,6-13)10(17)12(20)21/h8-10H,2-7H2,1H3,(H,18,19)(H,20,21)/t8?,9-,10-,13?,14+,15+/m1/s1. The number of rotatable bonds is 4. The molecule has 4 bridgehead atoms. The fraction of sp³-hybridized carbons (Fsp3) is 0.867. The van der Waals surface area contributed by atoms with E-state index in [1.165, 1.54) is 0 Å². The molecule has 6 heteroatoms. The molecule has 0 aliphatic heterocycles. The summed E-state index contributed by atoms with van der Waals surface area (Å²) in [6.07, 6.45) is 4.65. The molecule has 4 nitrogen and oxygen atoms in total. The van der Waals surface area contributed by atoms with Gasteiger partial charge in [-0.3, -0.25) is 9.59 Å². The van der Waals surface area contributed by atoms with Crippen LogP contribution in [0.4, 0.5) is 0 Å². The fourth-order valence-corrected chi connectivity index (χ4v) is 6.66. The summed E-state index contributed by atoms with van der Waals surface area (Å²) < 4.78 is 0. The molecule has 0 aromatic rings. The van der Waals surface area contributed by atoms with E-state index in [9.17, 15) is 19.8 Å². The zero-order chi connectivity index (χ0) is 15.6. The van der Waals surface area contributed by atoms with Gasteiger partial charge in [-0.25, -0.2) is 0 Å². The Morgan fingerprint density at radius 1 is 0.952 bits per heavy atom. The number of carbonyl (C=O) groups is 2. The number of hydrogen-bond donors (Lipinski definition) is 2. The molecule has 0 amide bonds. The van der Waals surface area contributed by atoms with Crippen LogP contribution in [0.3, 0.4) is 0 Å². The minimum atomic E-state index is -1.00. The van der Waals surface area contributed by atoms with Crippen LogP contribution in [0.25, 0.3) is 0 Å². The molecule has 0 heterocycles. The number of alkyl halides is 2. The van der Waals surface area contributed by atoms with Gasteiger partial charge in [0.2, 0.25) is 0 Å². The van der Waals surface area contributed by atoms with Gasteiger partial charge in [0.05, 0.1) is 0 Å². The zero-order valence-corrected chi connectivity index (χ0v) is 13.5. The number of aliphatic carboxylic acids is 2. The molecule has 4 aliphatic carbocycles. The average Bonchev–Trinajstić information content (AvgIpc) is 2.33. The summed E-state index contributed by atoms with van der Waals surface area (Å²) in [6, 6.07) is 0. The summed E-state index contributed by atoms with van der Waals surface area (Å²) in [5.41, 5.74) is -1.06. The summed E-state index contributed by atoms with van der Waals surface area (Å²) in [4.78, 5) is 22.9. The molecular formula is C15H20Cl2O4. The molecule has 0 aromatic heterocycles. The van der Waals surface area contributed by atoms with Crippen LogP contribution in [0.15, 0.2) is 0 Å². The van der Waals surface area contributed by atoms with Crippen molar-refractivity contribution < 1.29 is 19.8 Å². The molecule has 4 fully saturated rings. The number of carboxylic acids is 2. The van der Waals surface area contributed by atoms with Crippen molar-refractivity contribution in [2.24, 2.45) is 22.2 Å². The first kappa shape index (κ1) is 15.4. The van der Waals surface area contributed by atoms with Crippen molar-refractivity contribution >= 4 is 35.1 Å². The van der Waals surface area contributed by atoms with E-state index in [4.69, 9.17) is 23.2 Å². The van der Waals surface area contributed by atoms with Crippen molar-refractivity contribution in [3.8, 4) is 0 Å². The van der Waals surface area contributed by atoms with Crippen molar-refractivity contribution in [3.05, 3.63) is 0 Å². The van der Waals surface area contributed by atoms with Crippen LogP contribution in [-0.4, -0.2) is 32.9 Å². The molecule has 0 saturated heterocycles. The maximum absolute atomic E-state index is 11.4. The van der Waals surface area contributed by atoms with Crippen LogP contribution in [-0.2, 0) is 9.59 Å². The molecule has 118 valence electrons. The fourth-order valence-electron chi connectivity index (χ4n) is 6.17. The average molecular weight is 335 g/mol. The Morgan fingerprint density at radius 3 is 1.71 bits per heavy atom. The van der Waals surface area contributed by atoms with Crippen LogP contribution in [0.5, 0.6) is 0 Å². The first-order valence-electron chi connectivity index (χ1n) is 7.35. The third-order valence-corrected chi connectivity index (χ3v) is 7.24. The summed E-state index contributed by atoms with van der Waals surface area (Å²) in [6.45, 7) is 2.14. The van der Waals surface area contributed by atoms with Crippen molar-refractivity contribution in [1.82, 2.24) is 0 Å². The van der Waals surface area contributed by atoms with Gasteiger partial charge in [0, 0.05) is 0 Å². The largest absolute Gasteiger partial charge is 0.480 e. The minimum absolute atomic E-state index is 0.0371. The van der Waals surface area contributed by atoms with E-state index in [1.807, 2.05) is 0 Å². The summed E-state index contributed by atoms with van der Waals surface area (Å²) in [5.74, 6) is -1.66. The highest BCUT2D eigenvalue weighted by Crippen LogP contribution is 2.72. The Hall–Kier alpha value is -0.480.